The molecule has 0 aliphatic heterocycles. The predicted octanol–water partition coefficient (Wildman–Crippen LogP) is 6.10. The van der Waals surface area contributed by atoms with Crippen LogP contribution in [-0.2, 0) is 0 Å². The van der Waals surface area contributed by atoms with E-state index in [-0.39, 0.29) is 5.91 Å². The highest BCUT2D eigenvalue weighted by Gasteiger charge is 2.17. The van der Waals surface area contributed by atoms with Gasteiger partial charge < -0.3 is 5.32 Å². The number of rotatable bonds is 5. The van der Waals surface area contributed by atoms with E-state index in [0.717, 1.165) is 11.4 Å². The average Bonchev–Trinajstić information content (AvgIpc) is 3.05. The van der Waals surface area contributed by atoms with Gasteiger partial charge in [0.25, 0.3) is 5.91 Å². The lowest BCUT2D eigenvalue weighted by molar-refractivity contribution is 0.102. The summed E-state index contributed by atoms with van der Waals surface area (Å²) in [6.07, 6.45) is 16.1. The third-order valence-electron chi connectivity index (χ3n) is 5.30. The number of hydrogen-bond donors (Lipinski definition) is 1. The Bertz CT molecular complexity index is 811. The highest BCUT2D eigenvalue weighted by atomic mass is 16.1. The molecule has 1 N–H and O–H groups in total. The molecule has 0 unspecified atom stereocenters. The van der Waals surface area contributed by atoms with Crippen molar-refractivity contribution in [1.82, 2.24) is 9.78 Å². The minimum absolute atomic E-state index is 0.147. The van der Waals surface area contributed by atoms with Crippen LogP contribution in [0.25, 0.3) is 12.3 Å². The van der Waals surface area contributed by atoms with Crippen LogP contribution in [0.4, 0.5) is 5.69 Å². The molecule has 1 amide bonds. The smallest absolute Gasteiger partial charge is 0.259 e. The van der Waals surface area contributed by atoms with Crippen LogP contribution >= 0.6 is 0 Å². The molecule has 1 aromatic heterocycles. The summed E-state index contributed by atoms with van der Waals surface area (Å²) in [5.74, 6) is 0.454. The van der Waals surface area contributed by atoms with E-state index in [1.807, 2.05) is 31.2 Å². The monoisotopic (exact) mass is 363 g/mol. The molecule has 0 atom stereocenters. The highest BCUT2D eigenvalue weighted by Crippen LogP contribution is 2.32. The predicted molar refractivity (Wildman–Crippen MR) is 113 cm³/mol. The van der Waals surface area contributed by atoms with Gasteiger partial charge in [-0.05, 0) is 49.5 Å². The number of nitrogens with one attached hydrogen (secondary N) is 1. The van der Waals surface area contributed by atoms with E-state index in [1.54, 1.807) is 17.1 Å². The van der Waals surface area contributed by atoms with Crippen LogP contribution in [0.5, 0.6) is 0 Å². The Kier molecular flexibility index (Phi) is 6.64. The number of hydrogen-bond acceptors (Lipinski definition) is 2. The molecule has 4 nitrogen and oxygen atoms in total. The maximum absolute atomic E-state index is 12.8. The fourth-order valence-corrected chi connectivity index (χ4v) is 3.87. The molecule has 0 radical (unpaired) electrons. The van der Waals surface area contributed by atoms with Gasteiger partial charge in [0.1, 0.15) is 0 Å². The summed E-state index contributed by atoms with van der Waals surface area (Å²) in [4.78, 5) is 12.8. The Morgan fingerprint density at radius 3 is 2.67 bits per heavy atom. The zero-order valence-electron chi connectivity index (χ0n) is 16.2. The first-order chi connectivity index (χ1) is 13.2. The molecule has 3 rings (SSSR count). The molecule has 0 bridgehead atoms. The van der Waals surface area contributed by atoms with Crippen molar-refractivity contribution < 1.29 is 4.79 Å². The van der Waals surface area contributed by atoms with Gasteiger partial charge in [0, 0.05) is 11.9 Å². The lowest BCUT2D eigenvalue weighted by atomic mass is 9.86. The molecular formula is C23H29N3O. The van der Waals surface area contributed by atoms with Crippen molar-refractivity contribution in [3.8, 4) is 0 Å². The number of amides is 1. The van der Waals surface area contributed by atoms with Gasteiger partial charge in [0.15, 0.2) is 0 Å². The van der Waals surface area contributed by atoms with Crippen molar-refractivity contribution >= 4 is 23.9 Å². The van der Waals surface area contributed by atoms with Crippen molar-refractivity contribution in [2.24, 2.45) is 0 Å². The summed E-state index contributed by atoms with van der Waals surface area (Å²) in [6.45, 7) is 5.66. The van der Waals surface area contributed by atoms with Gasteiger partial charge in [-0.3, -0.25) is 4.79 Å². The molecule has 1 aliphatic carbocycles. The number of carbonyl (C=O) groups excluding carboxylic acids is 1. The number of allylic oxidation sites excluding steroid dienone is 1. The van der Waals surface area contributed by atoms with Gasteiger partial charge in [-0.2, -0.15) is 5.10 Å². The Morgan fingerprint density at radius 2 is 1.96 bits per heavy atom. The first kappa shape index (κ1) is 19.2. The summed E-state index contributed by atoms with van der Waals surface area (Å²) in [5, 5.41) is 7.25. The molecule has 142 valence electrons. The Morgan fingerprint density at radius 1 is 1.22 bits per heavy atom. The van der Waals surface area contributed by atoms with E-state index < -0.39 is 0 Å². The summed E-state index contributed by atoms with van der Waals surface area (Å²) < 4.78 is 1.61. The molecule has 1 saturated carbocycles. The van der Waals surface area contributed by atoms with Crippen molar-refractivity contribution in [1.29, 1.82) is 0 Å². The topological polar surface area (TPSA) is 46.9 Å². The van der Waals surface area contributed by atoms with Gasteiger partial charge in [-0.15, -0.1) is 0 Å². The van der Waals surface area contributed by atoms with E-state index >= 15 is 0 Å². The van der Waals surface area contributed by atoms with Crippen LogP contribution in [0.3, 0.4) is 0 Å². The third kappa shape index (κ3) is 4.76. The lowest BCUT2D eigenvalue weighted by Gasteiger charge is -2.20. The van der Waals surface area contributed by atoms with E-state index in [9.17, 15) is 4.79 Å². The SMILES string of the molecule is C=Cn1ncc(C(=O)Nc2cccc(C3CCCCCCC3)c2)c1/C=C\C. The first-order valence-electron chi connectivity index (χ1n) is 9.97. The second kappa shape index (κ2) is 9.36. The lowest BCUT2D eigenvalue weighted by Crippen LogP contribution is -2.13. The van der Waals surface area contributed by atoms with E-state index in [2.05, 4.69) is 29.1 Å². The summed E-state index contributed by atoms with van der Waals surface area (Å²) in [7, 11) is 0. The minimum Gasteiger partial charge on any atom is -0.322 e. The van der Waals surface area contributed by atoms with Crippen LogP contribution < -0.4 is 5.32 Å². The number of anilines is 1. The number of nitrogens with zero attached hydrogens (tertiary/aromatic N) is 2. The number of aromatic nitrogens is 2. The molecule has 1 aromatic carbocycles. The third-order valence-corrected chi connectivity index (χ3v) is 5.30. The molecule has 1 fully saturated rings. The standard InChI is InChI=1S/C23H29N3O/c1-3-11-22-21(17-24-26(22)4-2)23(27)25-20-15-10-14-19(16-20)18-12-8-6-5-7-9-13-18/h3-4,10-11,14-18H,2,5-9,12-13H2,1H3,(H,25,27)/b11-3-. The van der Waals surface area contributed by atoms with Gasteiger partial charge in [-0.1, -0.05) is 56.9 Å². The van der Waals surface area contributed by atoms with Crippen LogP contribution in [0.2, 0.25) is 0 Å². The van der Waals surface area contributed by atoms with Crippen LogP contribution in [0, 0.1) is 0 Å². The molecule has 27 heavy (non-hydrogen) atoms. The van der Waals surface area contributed by atoms with Gasteiger partial charge >= 0.3 is 0 Å². The largest absolute Gasteiger partial charge is 0.322 e. The van der Waals surface area contributed by atoms with Crippen molar-refractivity contribution in [3.05, 3.63) is 59.9 Å². The van der Waals surface area contributed by atoms with Gasteiger partial charge in [0.05, 0.1) is 17.5 Å². The zero-order chi connectivity index (χ0) is 19.1. The molecule has 0 spiro atoms. The number of carbonyl (C=O) groups is 1. The van der Waals surface area contributed by atoms with E-state index in [0.29, 0.717) is 11.5 Å². The fraction of sp³-hybridized carbons (Fsp3) is 0.391. The minimum atomic E-state index is -0.147. The molecule has 2 aromatic rings. The quantitative estimate of drug-likeness (QED) is 0.698. The molecule has 1 heterocycles. The van der Waals surface area contributed by atoms with Crippen molar-refractivity contribution in [2.75, 3.05) is 5.32 Å². The van der Waals surface area contributed by atoms with Crippen molar-refractivity contribution in [3.63, 3.8) is 0 Å². The summed E-state index contributed by atoms with van der Waals surface area (Å²) in [6, 6.07) is 8.33. The van der Waals surface area contributed by atoms with Gasteiger partial charge in [0.2, 0.25) is 0 Å². The highest BCUT2D eigenvalue weighted by molar-refractivity contribution is 6.06. The Labute approximate surface area is 162 Å². The fourth-order valence-electron chi connectivity index (χ4n) is 3.87. The number of benzene rings is 1. The van der Waals surface area contributed by atoms with Crippen LogP contribution in [0.1, 0.15) is 79.4 Å². The molecule has 1 aliphatic rings. The van der Waals surface area contributed by atoms with E-state index in [1.165, 1.54) is 50.5 Å². The summed E-state index contributed by atoms with van der Waals surface area (Å²) in [5.41, 5.74) is 3.47. The molecule has 4 heteroatoms. The maximum atomic E-state index is 12.8. The van der Waals surface area contributed by atoms with Crippen molar-refractivity contribution in [2.45, 2.75) is 57.8 Å². The molecule has 0 saturated heterocycles. The van der Waals surface area contributed by atoms with Crippen LogP contribution in [-0.4, -0.2) is 15.7 Å². The second-order valence-corrected chi connectivity index (χ2v) is 7.19. The van der Waals surface area contributed by atoms with E-state index in [4.69, 9.17) is 0 Å². The second-order valence-electron chi connectivity index (χ2n) is 7.19. The Balaban J connectivity index is 1.77. The first-order valence-corrected chi connectivity index (χ1v) is 9.97. The summed E-state index contributed by atoms with van der Waals surface area (Å²) >= 11 is 0. The average molecular weight is 364 g/mol. The zero-order valence-corrected chi connectivity index (χ0v) is 16.2. The van der Waals surface area contributed by atoms with Crippen LogP contribution in [0.15, 0.2) is 43.1 Å². The normalized spacial score (nSPS) is 16.0. The maximum Gasteiger partial charge on any atom is 0.259 e. The molecular weight excluding hydrogens is 334 g/mol. The Hall–Kier alpha value is -2.62. The van der Waals surface area contributed by atoms with Gasteiger partial charge in [-0.25, -0.2) is 4.68 Å².